The molecule has 0 radical (unpaired) electrons. The van der Waals surface area contributed by atoms with Gasteiger partial charge in [-0.1, -0.05) is 6.92 Å². The number of nitrogens with one attached hydrogen (secondary N) is 1. The number of pyridine rings is 1. The van der Waals surface area contributed by atoms with Crippen molar-refractivity contribution in [2.45, 2.75) is 32.7 Å². The highest BCUT2D eigenvalue weighted by molar-refractivity contribution is 5.74. The van der Waals surface area contributed by atoms with Crippen molar-refractivity contribution < 1.29 is 4.79 Å². The second kappa shape index (κ2) is 5.85. The Bertz CT molecular complexity index is 385. The quantitative estimate of drug-likeness (QED) is 0.873. The van der Waals surface area contributed by atoms with Gasteiger partial charge in [0.1, 0.15) is 0 Å². The highest BCUT2D eigenvalue weighted by Gasteiger charge is 2.21. The van der Waals surface area contributed by atoms with E-state index in [1.807, 2.05) is 24.0 Å². The van der Waals surface area contributed by atoms with Crippen LogP contribution in [0.4, 0.5) is 4.79 Å². The third-order valence-corrected chi connectivity index (χ3v) is 3.62. The van der Waals surface area contributed by atoms with Crippen molar-refractivity contribution in [1.29, 1.82) is 0 Å². The van der Waals surface area contributed by atoms with Crippen LogP contribution in [0.5, 0.6) is 0 Å². The summed E-state index contributed by atoms with van der Waals surface area (Å²) in [4.78, 5) is 18.0. The first kappa shape index (κ1) is 12.9. The van der Waals surface area contributed by atoms with Gasteiger partial charge in [-0.25, -0.2) is 4.79 Å². The van der Waals surface area contributed by atoms with Crippen molar-refractivity contribution in [3.05, 3.63) is 30.1 Å². The summed E-state index contributed by atoms with van der Waals surface area (Å²) >= 11 is 0. The molecule has 1 unspecified atom stereocenters. The summed E-state index contributed by atoms with van der Waals surface area (Å²) in [5, 5.41) is 3.04. The molecule has 0 saturated carbocycles. The van der Waals surface area contributed by atoms with E-state index in [0.717, 1.165) is 37.4 Å². The predicted octanol–water partition coefficient (Wildman–Crippen LogP) is 2.58. The molecule has 4 heteroatoms. The summed E-state index contributed by atoms with van der Waals surface area (Å²) in [6.07, 6.45) is 5.72. The highest BCUT2D eigenvalue weighted by atomic mass is 16.2. The largest absolute Gasteiger partial charge is 0.331 e. The second-order valence-corrected chi connectivity index (χ2v) is 5.12. The van der Waals surface area contributed by atoms with Crippen LogP contribution in [0.1, 0.15) is 38.3 Å². The zero-order valence-corrected chi connectivity index (χ0v) is 11.1. The molecule has 1 aliphatic heterocycles. The number of carbonyl (C=O) groups is 1. The van der Waals surface area contributed by atoms with Crippen molar-refractivity contribution in [1.82, 2.24) is 15.2 Å². The smallest absolute Gasteiger partial charge is 0.317 e. The first-order valence-electron chi connectivity index (χ1n) is 6.62. The summed E-state index contributed by atoms with van der Waals surface area (Å²) in [6.45, 7) is 5.99. The fourth-order valence-electron chi connectivity index (χ4n) is 2.22. The zero-order chi connectivity index (χ0) is 13.0. The lowest BCUT2D eigenvalue weighted by Crippen LogP contribution is -2.44. The van der Waals surface area contributed by atoms with Crippen LogP contribution in [0.3, 0.4) is 0 Å². The third kappa shape index (κ3) is 3.22. The van der Waals surface area contributed by atoms with Gasteiger partial charge in [-0.05, 0) is 43.4 Å². The summed E-state index contributed by atoms with van der Waals surface area (Å²) in [6, 6.07) is 3.94. The molecule has 1 N–H and O–H groups in total. The van der Waals surface area contributed by atoms with E-state index in [-0.39, 0.29) is 12.1 Å². The minimum Gasteiger partial charge on any atom is -0.331 e. The number of rotatable bonds is 2. The van der Waals surface area contributed by atoms with Gasteiger partial charge < -0.3 is 10.2 Å². The number of hydrogen-bond acceptors (Lipinski definition) is 2. The van der Waals surface area contributed by atoms with Crippen LogP contribution >= 0.6 is 0 Å². The number of piperidine rings is 1. The van der Waals surface area contributed by atoms with E-state index < -0.39 is 0 Å². The Hall–Kier alpha value is -1.58. The molecule has 0 aliphatic carbocycles. The molecule has 1 aliphatic rings. The summed E-state index contributed by atoms with van der Waals surface area (Å²) in [7, 11) is 0. The molecule has 1 atom stereocenters. The molecule has 18 heavy (non-hydrogen) atoms. The van der Waals surface area contributed by atoms with Gasteiger partial charge in [-0.3, -0.25) is 4.98 Å². The number of hydrogen-bond donors (Lipinski definition) is 1. The Morgan fingerprint density at radius 3 is 2.61 bits per heavy atom. The van der Waals surface area contributed by atoms with Crippen LogP contribution in [0, 0.1) is 5.92 Å². The number of aromatic nitrogens is 1. The van der Waals surface area contributed by atoms with E-state index in [9.17, 15) is 4.79 Å². The minimum atomic E-state index is 0.0276. The van der Waals surface area contributed by atoms with Gasteiger partial charge in [0.15, 0.2) is 0 Å². The summed E-state index contributed by atoms with van der Waals surface area (Å²) in [5.41, 5.74) is 1.09. The molecule has 1 saturated heterocycles. The van der Waals surface area contributed by atoms with E-state index >= 15 is 0 Å². The van der Waals surface area contributed by atoms with E-state index in [0.29, 0.717) is 0 Å². The van der Waals surface area contributed by atoms with E-state index in [1.165, 1.54) is 0 Å². The molecular formula is C14H21N3O. The zero-order valence-electron chi connectivity index (χ0n) is 11.1. The van der Waals surface area contributed by atoms with Crippen molar-refractivity contribution in [2.24, 2.45) is 5.92 Å². The minimum absolute atomic E-state index is 0.0276. The van der Waals surface area contributed by atoms with Crippen LogP contribution in [0.25, 0.3) is 0 Å². The van der Waals surface area contributed by atoms with Crippen LogP contribution in [0.15, 0.2) is 24.5 Å². The maximum absolute atomic E-state index is 12.1. The van der Waals surface area contributed by atoms with Crippen LogP contribution in [-0.4, -0.2) is 29.0 Å². The lowest BCUT2D eigenvalue weighted by atomic mass is 9.99. The Balaban J connectivity index is 1.87. The molecule has 0 spiro atoms. The topological polar surface area (TPSA) is 45.2 Å². The fourth-order valence-corrected chi connectivity index (χ4v) is 2.22. The van der Waals surface area contributed by atoms with Crippen molar-refractivity contribution in [2.75, 3.05) is 13.1 Å². The molecule has 2 rings (SSSR count). The maximum Gasteiger partial charge on any atom is 0.317 e. The molecule has 98 valence electrons. The molecular weight excluding hydrogens is 226 g/mol. The lowest BCUT2D eigenvalue weighted by Gasteiger charge is -2.31. The number of amides is 2. The van der Waals surface area contributed by atoms with Crippen molar-refractivity contribution in [3.8, 4) is 0 Å². The third-order valence-electron chi connectivity index (χ3n) is 3.62. The Kier molecular flexibility index (Phi) is 4.18. The van der Waals surface area contributed by atoms with E-state index in [4.69, 9.17) is 0 Å². The van der Waals surface area contributed by atoms with Gasteiger partial charge >= 0.3 is 6.03 Å². The number of likely N-dealkylation sites (tertiary alicyclic amines) is 1. The maximum atomic E-state index is 12.1. The van der Waals surface area contributed by atoms with Crippen LogP contribution in [0.2, 0.25) is 0 Å². The average molecular weight is 247 g/mol. The predicted molar refractivity (Wildman–Crippen MR) is 71.2 cm³/mol. The van der Waals surface area contributed by atoms with Crippen molar-refractivity contribution in [3.63, 3.8) is 0 Å². The molecule has 1 fully saturated rings. The Morgan fingerprint density at radius 1 is 1.39 bits per heavy atom. The summed E-state index contributed by atoms with van der Waals surface area (Å²) < 4.78 is 0. The standard InChI is InChI=1S/C14H21N3O/c1-11-5-9-17(10-6-11)14(18)16-12(2)13-3-7-15-8-4-13/h3-4,7-8,11-12H,5-6,9-10H2,1-2H3,(H,16,18). The molecule has 4 nitrogen and oxygen atoms in total. The molecule has 1 aromatic rings. The number of urea groups is 1. The molecule has 0 aromatic carbocycles. The highest BCUT2D eigenvalue weighted by Crippen LogP contribution is 2.17. The first-order chi connectivity index (χ1) is 8.66. The number of nitrogens with zero attached hydrogens (tertiary/aromatic N) is 2. The van der Waals surface area contributed by atoms with Crippen molar-refractivity contribution >= 4 is 6.03 Å². The van der Waals surface area contributed by atoms with Gasteiger partial charge in [-0.15, -0.1) is 0 Å². The van der Waals surface area contributed by atoms with E-state index in [1.54, 1.807) is 12.4 Å². The molecule has 2 amide bonds. The van der Waals surface area contributed by atoms with Gasteiger partial charge in [0.2, 0.25) is 0 Å². The second-order valence-electron chi connectivity index (χ2n) is 5.12. The average Bonchev–Trinajstić information content (AvgIpc) is 2.40. The van der Waals surface area contributed by atoms with Crippen LogP contribution in [-0.2, 0) is 0 Å². The summed E-state index contributed by atoms with van der Waals surface area (Å²) in [5.74, 6) is 0.742. The Morgan fingerprint density at radius 2 is 2.00 bits per heavy atom. The molecule has 1 aromatic heterocycles. The molecule has 0 bridgehead atoms. The lowest BCUT2D eigenvalue weighted by molar-refractivity contribution is 0.171. The van der Waals surface area contributed by atoms with Gasteiger partial charge in [-0.2, -0.15) is 0 Å². The fraction of sp³-hybridized carbons (Fsp3) is 0.571. The van der Waals surface area contributed by atoms with Crippen LogP contribution < -0.4 is 5.32 Å². The normalized spacial score (nSPS) is 18.4. The first-order valence-corrected chi connectivity index (χ1v) is 6.62. The van der Waals surface area contributed by atoms with Gasteiger partial charge in [0, 0.05) is 25.5 Å². The van der Waals surface area contributed by atoms with Gasteiger partial charge in [0.25, 0.3) is 0 Å². The molecule has 2 heterocycles. The Labute approximate surface area is 108 Å². The van der Waals surface area contributed by atoms with Gasteiger partial charge in [0.05, 0.1) is 6.04 Å². The monoisotopic (exact) mass is 247 g/mol. The number of carbonyl (C=O) groups excluding carboxylic acids is 1. The SMILES string of the molecule is CC1CCN(C(=O)NC(C)c2ccncc2)CC1. The van der Waals surface area contributed by atoms with E-state index in [2.05, 4.69) is 17.2 Å².